The summed E-state index contributed by atoms with van der Waals surface area (Å²) in [4.78, 5) is 30.0. The van der Waals surface area contributed by atoms with Crippen LogP contribution in [0, 0.1) is 19.8 Å². The molecule has 45 heavy (non-hydrogen) atoms. The Morgan fingerprint density at radius 1 is 0.822 bits per heavy atom. The van der Waals surface area contributed by atoms with Gasteiger partial charge in [-0.1, -0.05) is 110 Å². The van der Waals surface area contributed by atoms with E-state index in [1.807, 2.05) is 82.3 Å². The average Bonchev–Trinajstić information content (AvgIpc) is 3.02. The van der Waals surface area contributed by atoms with E-state index in [0.29, 0.717) is 6.54 Å². The van der Waals surface area contributed by atoms with E-state index >= 15 is 0 Å². The predicted molar refractivity (Wildman–Crippen MR) is 181 cm³/mol. The Balaban J connectivity index is 1.81. The lowest BCUT2D eigenvalue weighted by atomic mass is 10.0. The number of nitrogens with one attached hydrogen (secondary N) is 1. The fourth-order valence-electron chi connectivity index (χ4n) is 4.95. The summed E-state index contributed by atoms with van der Waals surface area (Å²) in [6.07, 6.45) is 0.249. The summed E-state index contributed by atoms with van der Waals surface area (Å²) in [6, 6.07) is 29.2. The number of sulfonamides is 1. The number of hydrogen-bond acceptors (Lipinski definition) is 4. The summed E-state index contributed by atoms with van der Waals surface area (Å²) < 4.78 is 29.4. The standard InChI is InChI=1S/C36H40ClN3O4S/c1-26(2)23-38-36(42)34(22-29-13-6-5-7-14-29)39(24-30-15-9-8-12-28(30)4)35(41)25-40(33-17-11-10-16-32(33)37)45(43,44)31-20-18-27(3)19-21-31/h5-21,26,34H,22-25H2,1-4H3,(H,38,42). The molecule has 236 valence electrons. The maximum Gasteiger partial charge on any atom is 0.264 e. The van der Waals surface area contributed by atoms with Gasteiger partial charge in [0.1, 0.15) is 12.6 Å². The number of para-hydroxylation sites is 1. The average molecular weight is 646 g/mol. The second-order valence-corrected chi connectivity index (χ2v) is 13.8. The summed E-state index contributed by atoms with van der Waals surface area (Å²) in [5.74, 6) is -0.642. The molecule has 1 N–H and O–H groups in total. The maximum atomic E-state index is 14.6. The lowest BCUT2D eigenvalue weighted by Gasteiger charge is -2.34. The van der Waals surface area contributed by atoms with Crippen molar-refractivity contribution in [3.8, 4) is 0 Å². The van der Waals surface area contributed by atoms with Gasteiger partial charge in [0.15, 0.2) is 0 Å². The minimum Gasteiger partial charge on any atom is -0.354 e. The third-order valence-corrected chi connectivity index (χ3v) is 9.66. The zero-order valence-corrected chi connectivity index (χ0v) is 27.7. The van der Waals surface area contributed by atoms with Crippen molar-refractivity contribution in [3.05, 3.63) is 130 Å². The summed E-state index contributed by atoms with van der Waals surface area (Å²) in [6.45, 7) is 7.80. The minimum absolute atomic E-state index is 0.0294. The molecule has 0 heterocycles. The quantitative estimate of drug-likeness (QED) is 0.178. The van der Waals surface area contributed by atoms with Crippen LogP contribution >= 0.6 is 11.6 Å². The molecule has 0 radical (unpaired) electrons. The number of benzene rings is 4. The zero-order valence-electron chi connectivity index (χ0n) is 26.1. The smallest absolute Gasteiger partial charge is 0.264 e. The van der Waals surface area contributed by atoms with Crippen molar-refractivity contribution in [2.24, 2.45) is 5.92 Å². The molecule has 4 rings (SSSR count). The zero-order chi connectivity index (χ0) is 32.6. The van der Waals surface area contributed by atoms with Crippen molar-refractivity contribution < 1.29 is 18.0 Å². The molecular formula is C36H40ClN3O4S. The molecule has 4 aromatic carbocycles. The molecule has 0 spiro atoms. The van der Waals surface area contributed by atoms with Crippen molar-refractivity contribution in [3.63, 3.8) is 0 Å². The molecule has 0 fully saturated rings. The van der Waals surface area contributed by atoms with Crippen LogP contribution in [-0.4, -0.2) is 44.3 Å². The van der Waals surface area contributed by atoms with Crippen molar-refractivity contribution >= 4 is 39.1 Å². The Hall–Kier alpha value is -4.14. The lowest BCUT2D eigenvalue weighted by molar-refractivity contribution is -0.140. The van der Waals surface area contributed by atoms with Crippen molar-refractivity contribution in [2.45, 2.75) is 51.6 Å². The number of aryl methyl sites for hydroxylation is 2. The maximum absolute atomic E-state index is 14.6. The number of carbonyl (C=O) groups is 2. The van der Waals surface area contributed by atoms with Gasteiger partial charge >= 0.3 is 0 Å². The van der Waals surface area contributed by atoms with E-state index in [0.717, 1.165) is 26.6 Å². The number of carbonyl (C=O) groups excluding carboxylic acids is 2. The van der Waals surface area contributed by atoms with Gasteiger partial charge < -0.3 is 10.2 Å². The number of nitrogens with zero attached hydrogens (tertiary/aromatic N) is 2. The summed E-state index contributed by atoms with van der Waals surface area (Å²) in [5, 5.41) is 3.19. The van der Waals surface area contributed by atoms with Crippen LogP contribution in [0.1, 0.15) is 36.1 Å². The first-order valence-electron chi connectivity index (χ1n) is 15.0. The molecule has 0 saturated carbocycles. The van der Waals surface area contributed by atoms with Crippen LogP contribution in [-0.2, 0) is 32.6 Å². The molecule has 7 nitrogen and oxygen atoms in total. The second-order valence-electron chi connectivity index (χ2n) is 11.6. The monoisotopic (exact) mass is 645 g/mol. The van der Waals surface area contributed by atoms with Crippen LogP contribution in [0.25, 0.3) is 0 Å². The topological polar surface area (TPSA) is 86.8 Å². The van der Waals surface area contributed by atoms with Gasteiger partial charge in [-0.15, -0.1) is 0 Å². The molecule has 1 unspecified atom stereocenters. The van der Waals surface area contributed by atoms with E-state index in [4.69, 9.17) is 11.6 Å². The molecule has 0 bridgehead atoms. The Kier molecular flexibility index (Phi) is 11.4. The number of rotatable bonds is 13. The van der Waals surface area contributed by atoms with Crippen LogP contribution in [0.5, 0.6) is 0 Å². The Morgan fingerprint density at radius 3 is 2.09 bits per heavy atom. The van der Waals surface area contributed by atoms with Gasteiger partial charge in [-0.05, 0) is 60.7 Å². The predicted octanol–water partition coefficient (Wildman–Crippen LogP) is 6.56. The molecule has 0 aliphatic heterocycles. The Bertz CT molecular complexity index is 1710. The summed E-state index contributed by atoms with van der Waals surface area (Å²) >= 11 is 6.55. The first-order chi connectivity index (χ1) is 21.5. The number of amides is 2. The van der Waals surface area contributed by atoms with E-state index in [1.54, 1.807) is 36.4 Å². The highest BCUT2D eigenvalue weighted by Gasteiger charge is 2.35. The third-order valence-electron chi connectivity index (χ3n) is 7.57. The Morgan fingerprint density at radius 2 is 1.44 bits per heavy atom. The van der Waals surface area contributed by atoms with Crippen molar-refractivity contribution in [1.82, 2.24) is 10.2 Å². The van der Waals surface area contributed by atoms with Crippen LogP contribution < -0.4 is 9.62 Å². The van der Waals surface area contributed by atoms with Gasteiger partial charge in [-0.2, -0.15) is 0 Å². The third kappa shape index (κ3) is 8.74. The van der Waals surface area contributed by atoms with E-state index in [9.17, 15) is 18.0 Å². The van der Waals surface area contributed by atoms with Gasteiger partial charge in [0.25, 0.3) is 10.0 Å². The van der Waals surface area contributed by atoms with Gasteiger partial charge in [-0.3, -0.25) is 13.9 Å². The number of halogens is 1. The highest BCUT2D eigenvalue weighted by Crippen LogP contribution is 2.31. The van der Waals surface area contributed by atoms with Gasteiger partial charge in [0.05, 0.1) is 15.6 Å². The molecule has 1 atom stereocenters. The lowest BCUT2D eigenvalue weighted by Crippen LogP contribution is -2.53. The molecule has 0 saturated heterocycles. The molecule has 9 heteroatoms. The molecule has 0 aliphatic rings. The first kappa shape index (κ1) is 33.7. The molecular weight excluding hydrogens is 606 g/mol. The highest BCUT2D eigenvalue weighted by molar-refractivity contribution is 7.92. The molecule has 0 aliphatic carbocycles. The highest BCUT2D eigenvalue weighted by atomic mass is 35.5. The molecule has 2 amide bonds. The van der Waals surface area contributed by atoms with Gasteiger partial charge in [0.2, 0.25) is 11.8 Å². The van der Waals surface area contributed by atoms with Crippen molar-refractivity contribution in [1.29, 1.82) is 0 Å². The van der Waals surface area contributed by atoms with Crippen LogP contribution in [0.2, 0.25) is 5.02 Å². The van der Waals surface area contributed by atoms with Crippen LogP contribution in [0.4, 0.5) is 5.69 Å². The fourth-order valence-corrected chi connectivity index (χ4v) is 6.67. The first-order valence-corrected chi connectivity index (χ1v) is 16.8. The second kappa shape index (κ2) is 15.2. The van der Waals surface area contributed by atoms with Gasteiger partial charge in [0, 0.05) is 19.5 Å². The van der Waals surface area contributed by atoms with Crippen LogP contribution in [0.3, 0.4) is 0 Å². The van der Waals surface area contributed by atoms with Gasteiger partial charge in [-0.25, -0.2) is 8.42 Å². The summed E-state index contributed by atoms with van der Waals surface area (Å²) in [5.41, 5.74) is 3.75. The van der Waals surface area contributed by atoms with E-state index < -0.39 is 28.5 Å². The van der Waals surface area contributed by atoms with E-state index in [1.165, 1.54) is 17.0 Å². The fraction of sp³-hybridized carbons (Fsp3) is 0.278. The number of anilines is 1. The Labute approximate surface area is 271 Å². The largest absolute Gasteiger partial charge is 0.354 e. The van der Waals surface area contributed by atoms with Crippen molar-refractivity contribution in [2.75, 3.05) is 17.4 Å². The summed E-state index contributed by atoms with van der Waals surface area (Å²) in [7, 11) is -4.23. The number of hydrogen-bond donors (Lipinski definition) is 1. The normalized spacial score (nSPS) is 12.0. The van der Waals surface area contributed by atoms with Crippen LogP contribution in [0.15, 0.2) is 108 Å². The van der Waals surface area contributed by atoms with E-state index in [-0.39, 0.29) is 40.4 Å². The molecule has 0 aromatic heterocycles. The van der Waals surface area contributed by atoms with E-state index in [2.05, 4.69) is 5.32 Å². The minimum atomic E-state index is -4.23. The SMILES string of the molecule is Cc1ccc(S(=O)(=O)N(CC(=O)N(Cc2ccccc2C)C(Cc2ccccc2)C(=O)NCC(C)C)c2ccccc2Cl)cc1. The molecule has 4 aromatic rings.